The Hall–Kier alpha value is -2.52. The van der Waals surface area contributed by atoms with Crippen molar-refractivity contribution in [3.8, 4) is 0 Å². The van der Waals surface area contributed by atoms with Crippen molar-refractivity contribution in [3.05, 3.63) is 86.5 Å². The molecule has 3 aromatic carbocycles. The van der Waals surface area contributed by atoms with Gasteiger partial charge in [0.05, 0.1) is 0 Å². The maximum absolute atomic E-state index is 14.8. The standard InChI is InChI=1S/C56H90O2S/c1-35(57)58-59(45-39(51(11,12)13)29-36(48(2,3)4)30-40(45)52(14,15)16,46-41(53(17,18)19)31-37(49(5,6)7)32-42(46)54(20,21)22)47-43(55(23,24)25)33-38(50(8,9)10)34-44(47)56(26,27)28/h29-34H,1-28H3. The average Bonchev–Trinajstić information content (AvgIpc) is 2.97. The Bertz CT molecular complexity index is 1710. The van der Waals surface area contributed by atoms with Crippen molar-refractivity contribution >= 4 is 16.3 Å². The van der Waals surface area contributed by atoms with E-state index in [-0.39, 0.29) is 54.7 Å². The third-order valence-electron chi connectivity index (χ3n) is 11.8. The van der Waals surface area contributed by atoms with Crippen molar-refractivity contribution in [2.75, 3.05) is 0 Å². The Balaban J connectivity index is 3.36. The fourth-order valence-electron chi connectivity index (χ4n) is 8.06. The van der Waals surface area contributed by atoms with Crippen molar-refractivity contribution in [3.63, 3.8) is 0 Å². The molecule has 0 spiro atoms. The van der Waals surface area contributed by atoms with Gasteiger partial charge in [-0.05, 0) is 109 Å². The molecular weight excluding hydrogens is 737 g/mol. The molecule has 3 heteroatoms. The summed E-state index contributed by atoms with van der Waals surface area (Å²) in [5, 5.41) is 0. The molecule has 3 rings (SSSR count). The Labute approximate surface area is 367 Å². The first kappa shape index (κ1) is 50.8. The van der Waals surface area contributed by atoms with E-state index in [1.54, 1.807) is 6.92 Å². The minimum absolute atomic E-state index is 0.110. The Kier molecular flexibility index (Phi) is 13.2. The molecule has 0 aromatic heterocycles. The highest BCUT2D eigenvalue weighted by Gasteiger charge is 2.51. The van der Waals surface area contributed by atoms with Crippen molar-refractivity contribution in [2.24, 2.45) is 0 Å². The molecular formula is C56H90O2S. The van der Waals surface area contributed by atoms with Crippen LogP contribution in [0.2, 0.25) is 0 Å². The first-order valence-electron chi connectivity index (χ1n) is 22.4. The molecule has 0 radical (unpaired) electrons. The lowest BCUT2D eigenvalue weighted by atomic mass is 9.75. The van der Waals surface area contributed by atoms with Crippen molar-refractivity contribution in [2.45, 2.75) is 257 Å². The van der Waals surface area contributed by atoms with Crippen LogP contribution >= 0.6 is 10.3 Å². The third kappa shape index (κ3) is 10.6. The van der Waals surface area contributed by atoms with Gasteiger partial charge >= 0.3 is 5.97 Å². The van der Waals surface area contributed by atoms with E-state index in [2.05, 4.69) is 223 Å². The SMILES string of the molecule is CC(=O)OS(c1c(C(C)(C)C)cc(C(C)(C)C)cc1C(C)(C)C)(c1c(C(C)(C)C)cc(C(C)(C)C)cc1C(C)(C)C)c1c(C(C)(C)C)cc(C(C)(C)C)cc1C(C)(C)C. The van der Waals surface area contributed by atoms with Crippen LogP contribution in [0.25, 0.3) is 0 Å². The fraction of sp³-hybridized carbons (Fsp3) is 0.661. The van der Waals surface area contributed by atoms with E-state index in [9.17, 15) is 4.79 Å². The zero-order chi connectivity index (χ0) is 46.5. The molecule has 0 heterocycles. The number of carbonyl (C=O) groups excluding carboxylic acids is 1. The van der Waals surface area contributed by atoms with Crippen molar-refractivity contribution in [1.29, 1.82) is 0 Å². The lowest BCUT2D eigenvalue weighted by molar-refractivity contribution is -0.131. The quantitative estimate of drug-likeness (QED) is 0.262. The topological polar surface area (TPSA) is 26.3 Å². The molecule has 332 valence electrons. The summed E-state index contributed by atoms with van der Waals surface area (Å²) in [4.78, 5) is 18.4. The molecule has 0 aliphatic carbocycles. The molecule has 3 aromatic rings. The van der Waals surface area contributed by atoms with Crippen LogP contribution in [0, 0.1) is 0 Å². The molecule has 0 amide bonds. The molecule has 0 bridgehead atoms. The molecule has 0 aliphatic heterocycles. The van der Waals surface area contributed by atoms with Gasteiger partial charge in [-0.3, -0.25) is 4.79 Å². The van der Waals surface area contributed by atoms with E-state index in [1.165, 1.54) is 64.8 Å². The van der Waals surface area contributed by atoms with Crippen LogP contribution in [0.5, 0.6) is 0 Å². The largest absolute Gasteiger partial charge is 0.402 e. The lowest BCUT2D eigenvalue weighted by Gasteiger charge is -2.52. The summed E-state index contributed by atoms with van der Waals surface area (Å²) in [5.74, 6) is -0.251. The molecule has 0 N–H and O–H groups in total. The third-order valence-corrected chi connectivity index (χ3v) is 15.3. The smallest absolute Gasteiger partial charge is 0.313 e. The zero-order valence-electron chi connectivity index (χ0n) is 43.7. The predicted octanol–water partition coefficient (Wildman–Crippen LogP) is 17.1. The van der Waals surface area contributed by atoms with Crippen LogP contribution in [-0.2, 0) is 57.7 Å². The minimum atomic E-state index is -2.95. The van der Waals surface area contributed by atoms with Crippen molar-refractivity contribution in [1.82, 2.24) is 0 Å². The molecule has 0 atom stereocenters. The monoisotopic (exact) mass is 827 g/mol. The Morgan fingerprint density at radius 3 is 0.576 bits per heavy atom. The first-order valence-corrected chi connectivity index (χ1v) is 24.0. The van der Waals surface area contributed by atoms with Crippen LogP contribution < -0.4 is 0 Å². The number of hydrogen-bond donors (Lipinski definition) is 0. The lowest BCUT2D eigenvalue weighted by Crippen LogP contribution is -2.33. The molecule has 0 saturated heterocycles. The molecule has 0 unspecified atom stereocenters. The van der Waals surface area contributed by atoms with Gasteiger partial charge in [-0.2, -0.15) is 0 Å². The van der Waals surface area contributed by atoms with Crippen molar-refractivity contribution < 1.29 is 8.98 Å². The van der Waals surface area contributed by atoms with Crippen LogP contribution in [0.3, 0.4) is 0 Å². The number of benzene rings is 3. The van der Waals surface area contributed by atoms with Gasteiger partial charge in [0.2, 0.25) is 0 Å². The molecule has 0 saturated carbocycles. The summed E-state index contributed by atoms with van der Waals surface area (Å²) in [5.41, 5.74) is 9.27. The summed E-state index contributed by atoms with van der Waals surface area (Å²) in [7, 11) is -2.95. The first-order chi connectivity index (χ1) is 25.8. The summed E-state index contributed by atoms with van der Waals surface area (Å²) in [6.07, 6.45) is 0. The number of hydrogen-bond acceptors (Lipinski definition) is 2. The second-order valence-electron chi connectivity index (χ2n) is 27.1. The second-order valence-corrected chi connectivity index (χ2v) is 29.6. The molecule has 0 aliphatic rings. The highest BCUT2D eigenvalue weighted by atomic mass is 32.3. The Morgan fingerprint density at radius 2 is 0.475 bits per heavy atom. The maximum atomic E-state index is 14.8. The molecule has 59 heavy (non-hydrogen) atoms. The summed E-state index contributed by atoms with van der Waals surface area (Å²) in [6, 6.07) is 14.9. The van der Waals surface area contributed by atoms with E-state index in [1.807, 2.05) is 0 Å². The normalized spacial score (nSPS) is 14.8. The fourth-order valence-corrected chi connectivity index (χ4v) is 13.3. The van der Waals surface area contributed by atoms with Gasteiger partial charge in [-0.25, -0.2) is 0 Å². The second kappa shape index (κ2) is 15.4. The highest BCUT2D eigenvalue weighted by Crippen LogP contribution is 2.78. The molecule has 0 fully saturated rings. The van der Waals surface area contributed by atoms with E-state index in [0.29, 0.717) is 0 Å². The van der Waals surface area contributed by atoms with Crippen LogP contribution in [0.15, 0.2) is 51.1 Å². The number of rotatable bonds is 4. The summed E-state index contributed by atoms with van der Waals surface area (Å²) < 4.78 is 7.83. The van der Waals surface area contributed by atoms with Gasteiger partial charge in [0.25, 0.3) is 0 Å². The van der Waals surface area contributed by atoms with E-state index in [4.69, 9.17) is 4.18 Å². The van der Waals surface area contributed by atoms with E-state index in [0.717, 1.165) is 0 Å². The van der Waals surface area contributed by atoms with E-state index >= 15 is 0 Å². The van der Waals surface area contributed by atoms with Gasteiger partial charge in [0, 0.05) is 21.6 Å². The number of carbonyl (C=O) groups is 1. The zero-order valence-corrected chi connectivity index (χ0v) is 44.5. The van der Waals surface area contributed by atoms with E-state index < -0.39 is 10.3 Å². The average molecular weight is 827 g/mol. The van der Waals surface area contributed by atoms with Crippen LogP contribution in [0.1, 0.15) is 244 Å². The predicted molar refractivity (Wildman–Crippen MR) is 262 cm³/mol. The van der Waals surface area contributed by atoms with Gasteiger partial charge in [0.1, 0.15) is 0 Å². The van der Waals surface area contributed by atoms with Crippen LogP contribution in [-0.4, -0.2) is 5.97 Å². The summed E-state index contributed by atoms with van der Waals surface area (Å²) in [6.45, 7) is 65.1. The van der Waals surface area contributed by atoms with Gasteiger partial charge < -0.3 is 4.18 Å². The minimum Gasteiger partial charge on any atom is -0.402 e. The van der Waals surface area contributed by atoms with Crippen LogP contribution in [0.4, 0.5) is 0 Å². The maximum Gasteiger partial charge on any atom is 0.313 e. The van der Waals surface area contributed by atoms with Gasteiger partial charge in [0.15, 0.2) is 0 Å². The highest BCUT2D eigenvalue weighted by molar-refractivity contribution is 8.30. The van der Waals surface area contributed by atoms with Gasteiger partial charge in [-0.1, -0.05) is 223 Å². The summed E-state index contributed by atoms with van der Waals surface area (Å²) >= 11 is 0. The van der Waals surface area contributed by atoms with Gasteiger partial charge in [-0.15, -0.1) is 0 Å². The Morgan fingerprint density at radius 1 is 0.322 bits per heavy atom. The molecule has 2 nitrogen and oxygen atoms in total.